The van der Waals surface area contributed by atoms with E-state index in [0.29, 0.717) is 17.5 Å². The topological polar surface area (TPSA) is 57.6 Å². The first kappa shape index (κ1) is 14.0. The van der Waals surface area contributed by atoms with E-state index in [2.05, 4.69) is 0 Å². The summed E-state index contributed by atoms with van der Waals surface area (Å²) in [7, 11) is 0. The van der Waals surface area contributed by atoms with Crippen LogP contribution in [0.5, 0.6) is 0 Å². The Kier molecular flexibility index (Phi) is 3.92. The summed E-state index contributed by atoms with van der Waals surface area (Å²) in [6.07, 6.45) is -0.672. The van der Waals surface area contributed by atoms with Crippen LogP contribution in [-0.4, -0.2) is 27.2 Å². The van der Waals surface area contributed by atoms with Gasteiger partial charge in [0.1, 0.15) is 6.04 Å². The summed E-state index contributed by atoms with van der Waals surface area (Å²) >= 11 is 5.60. The van der Waals surface area contributed by atoms with Gasteiger partial charge in [0.25, 0.3) is 5.91 Å². The highest BCUT2D eigenvalue weighted by atomic mass is 35.5. The molecule has 1 aliphatic rings. The summed E-state index contributed by atoms with van der Waals surface area (Å²) in [5.74, 6) is -0.154. The summed E-state index contributed by atoms with van der Waals surface area (Å²) in [4.78, 5) is 25.0. The first-order chi connectivity index (χ1) is 8.93. The highest BCUT2D eigenvalue weighted by Gasteiger charge is 2.41. The Morgan fingerprint density at radius 1 is 1.42 bits per heavy atom. The number of carbonyl (C=O) groups excluding carboxylic acids is 2. The van der Waals surface area contributed by atoms with Crippen molar-refractivity contribution >= 4 is 22.8 Å². The van der Waals surface area contributed by atoms with Gasteiger partial charge in [-0.3, -0.25) is 14.5 Å². The Hall–Kier alpha value is -1.39. The van der Waals surface area contributed by atoms with Gasteiger partial charge in [-0.15, -0.1) is 0 Å². The number of fused-ring (bicyclic) bond motifs is 1. The van der Waals surface area contributed by atoms with Crippen LogP contribution in [0.3, 0.4) is 0 Å². The standard InChI is InChI=1S/C14H16ClNO3/c1-8(2)7-11(12(15)17)16-13(18)9-5-3-4-6-10(9)14(16)19/h3-6,8,11,13,18H,7H2,1-2H3. The Morgan fingerprint density at radius 3 is 2.58 bits per heavy atom. The number of aliphatic hydroxyl groups is 1. The van der Waals surface area contributed by atoms with Gasteiger partial charge in [0.15, 0.2) is 6.23 Å². The van der Waals surface area contributed by atoms with E-state index < -0.39 is 17.5 Å². The smallest absolute Gasteiger partial charge is 0.257 e. The Labute approximate surface area is 117 Å². The number of amides is 1. The van der Waals surface area contributed by atoms with Gasteiger partial charge in [-0.1, -0.05) is 32.0 Å². The molecule has 2 rings (SSSR count). The van der Waals surface area contributed by atoms with Gasteiger partial charge in [0.2, 0.25) is 5.24 Å². The third kappa shape index (κ3) is 2.51. The second kappa shape index (κ2) is 5.31. The summed E-state index contributed by atoms with van der Waals surface area (Å²) in [5, 5.41) is 9.62. The zero-order valence-electron chi connectivity index (χ0n) is 10.8. The van der Waals surface area contributed by atoms with Gasteiger partial charge < -0.3 is 5.11 Å². The van der Waals surface area contributed by atoms with Crippen LogP contribution in [0, 0.1) is 5.92 Å². The first-order valence-corrected chi connectivity index (χ1v) is 6.60. The number of aliphatic hydroxyl groups excluding tert-OH is 1. The Bertz CT molecular complexity index is 515. The van der Waals surface area contributed by atoms with Gasteiger partial charge >= 0.3 is 0 Å². The lowest BCUT2D eigenvalue weighted by molar-refractivity contribution is -0.119. The number of hydrogen-bond acceptors (Lipinski definition) is 3. The lowest BCUT2D eigenvalue weighted by atomic mass is 10.0. The van der Waals surface area contributed by atoms with Crippen LogP contribution in [0.25, 0.3) is 0 Å². The summed E-state index contributed by atoms with van der Waals surface area (Å²) in [6.45, 7) is 3.87. The normalized spacial score (nSPS) is 19.7. The molecule has 1 amide bonds. The summed E-state index contributed by atoms with van der Waals surface area (Å²) < 4.78 is 0. The minimum Gasteiger partial charge on any atom is -0.369 e. The van der Waals surface area contributed by atoms with E-state index in [1.165, 1.54) is 4.90 Å². The predicted molar refractivity (Wildman–Crippen MR) is 71.7 cm³/mol. The molecule has 0 aliphatic carbocycles. The second-order valence-corrected chi connectivity index (χ2v) is 5.50. The number of halogens is 1. The molecule has 0 spiro atoms. The molecular weight excluding hydrogens is 266 g/mol. The van der Waals surface area contributed by atoms with Crippen molar-refractivity contribution in [2.75, 3.05) is 0 Å². The van der Waals surface area contributed by atoms with E-state index in [-0.39, 0.29) is 11.8 Å². The van der Waals surface area contributed by atoms with E-state index in [0.717, 1.165) is 0 Å². The molecule has 0 saturated heterocycles. The maximum atomic E-state index is 12.3. The molecule has 1 aromatic carbocycles. The van der Waals surface area contributed by atoms with Crippen LogP contribution in [0.2, 0.25) is 0 Å². The van der Waals surface area contributed by atoms with Gasteiger partial charge in [0, 0.05) is 11.1 Å². The van der Waals surface area contributed by atoms with Crippen molar-refractivity contribution in [2.24, 2.45) is 5.92 Å². The number of hydrogen-bond donors (Lipinski definition) is 1. The molecule has 2 unspecified atom stereocenters. The van der Waals surface area contributed by atoms with Crippen LogP contribution in [0.4, 0.5) is 0 Å². The van der Waals surface area contributed by atoms with Crippen molar-refractivity contribution in [1.29, 1.82) is 0 Å². The lowest BCUT2D eigenvalue weighted by Gasteiger charge is -2.29. The van der Waals surface area contributed by atoms with E-state index in [4.69, 9.17) is 11.6 Å². The summed E-state index contributed by atoms with van der Waals surface area (Å²) in [6, 6.07) is 6.01. The minimum absolute atomic E-state index is 0.191. The van der Waals surface area contributed by atoms with Crippen molar-refractivity contribution in [2.45, 2.75) is 32.5 Å². The van der Waals surface area contributed by atoms with Crippen molar-refractivity contribution in [1.82, 2.24) is 4.90 Å². The molecule has 0 fully saturated rings. The average molecular weight is 282 g/mol. The maximum Gasteiger partial charge on any atom is 0.257 e. The Balaban J connectivity index is 2.36. The highest BCUT2D eigenvalue weighted by Crippen LogP contribution is 2.35. The molecule has 102 valence electrons. The quantitative estimate of drug-likeness (QED) is 0.862. The molecule has 0 saturated carbocycles. The molecule has 2 atom stereocenters. The molecule has 19 heavy (non-hydrogen) atoms. The Morgan fingerprint density at radius 2 is 2.05 bits per heavy atom. The molecule has 1 aliphatic heterocycles. The third-order valence-electron chi connectivity index (χ3n) is 3.26. The van der Waals surface area contributed by atoms with Crippen molar-refractivity contribution in [3.63, 3.8) is 0 Å². The van der Waals surface area contributed by atoms with Crippen LogP contribution < -0.4 is 0 Å². The highest BCUT2D eigenvalue weighted by molar-refractivity contribution is 6.64. The monoisotopic (exact) mass is 281 g/mol. The molecule has 1 heterocycles. The van der Waals surface area contributed by atoms with E-state index in [1.807, 2.05) is 13.8 Å². The third-order valence-corrected chi connectivity index (χ3v) is 3.51. The fourth-order valence-corrected chi connectivity index (χ4v) is 2.59. The second-order valence-electron chi connectivity index (χ2n) is 5.12. The van der Waals surface area contributed by atoms with Gasteiger partial charge in [-0.05, 0) is 30.0 Å². The van der Waals surface area contributed by atoms with Crippen molar-refractivity contribution in [3.8, 4) is 0 Å². The van der Waals surface area contributed by atoms with Gasteiger partial charge in [-0.25, -0.2) is 0 Å². The van der Waals surface area contributed by atoms with E-state index in [9.17, 15) is 14.7 Å². The maximum absolute atomic E-state index is 12.3. The summed E-state index contributed by atoms with van der Waals surface area (Å²) in [5.41, 5.74) is 0.959. The number of nitrogens with zero attached hydrogens (tertiary/aromatic N) is 1. The van der Waals surface area contributed by atoms with Crippen LogP contribution >= 0.6 is 11.6 Å². The first-order valence-electron chi connectivity index (χ1n) is 6.22. The average Bonchev–Trinajstić information content (AvgIpc) is 2.60. The van der Waals surface area contributed by atoms with Crippen LogP contribution in [0.15, 0.2) is 24.3 Å². The molecule has 4 nitrogen and oxygen atoms in total. The SMILES string of the molecule is CC(C)CC(C(=O)Cl)N1C(=O)c2ccccc2C1O. The van der Waals surface area contributed by atoms with Crippen LogP contribution in [-0.2, 0) is 4.79 Å². The van der Waals surface area contributed by atoms with E-state index in [1.54, 1.807) is 24.3 Å². The zero-order valence-corrected chi connectivity index (χ0v) is 11.6. The van der Waals surface area contributed by atoms with E-state index >= 15 is 0 Å². The fraction of sp³-hybridized carbons (Fsp3) is 0.429. The number of carbonyl (C=O) groups is 2. The molecule has 0 radical (unpaired) electrons. The molecular formula is C14H16ClNO3. The van der Waals surface area contributed by atoms with Gasteiger partial charge in [-0.2, -0.15) is 0 Å². The molecule has 0 aromatic heterocycles. The minimum atomic E-state index is -1.10. The van der Waals surface area contributed by atoms with Crippen LogP contribution in [0.1, 0.15) is 42.4 Å². The molecule has 1 aromatic rings. The van der Waals surface area contributed by atoms with Crippen molar-refractivity contribution < 1.29 is 14.7 Å². The predicted octanol–water partition coefficient (Wildman–Crippen LogP) is 2.31. The number of benzene rings is 1. The van der Waals surface area contributed by atoms with Gasteiger partial charge in [0.05, 0.1) is 0 Å². The fourth-order valence-electron chi connectivity index (χ4n) is 2.39. The molecule has 5 heteroatoms. The number of rotatable bonds is 4. The molecule has 1 N–H and O–H groups in total. The lowest BCUT2D eigenvalue weighted by Crippen LogP contribution is -2.42. The largest absolute Gasteiger partial charge is 0.369 e. The zero-order chi connectivity index (χ0) is 14.2. The van der Waals surface area contributed by atoms with Crippen molar-refractivity contribution in [3.05, 3.63) is 35.4 Å². The molecule has 0 bridgehead atoms.